The Morgan fingerprint density at radius 1 is 1.31 bits per heavy atom. The molecule has 26 heavy (non-hydrogen) atoms. The Bertz CT molecular complexity index is 720. The summed E-state index contributed by atoms with van der Waals surface area (Å²) in [6.07, 6.45) is 2.94. The summed E-state index contributed by atoms with van der Waals surface area (Å²) in [5.41, 5.74) is 3.77. The summed E-state index contributed by atoms with van der Waals surface area (Å²) in [7, 11) is 3.85. The SMILES string of the molecule is CCc1nn(C)c(CC)c1CNC(=NC)NC(C)Cc1ccc(C)s1.I. The van der Waals surface area contributed by atoms with Crippen molar-refractivity contribution in [2.45, 2.75) is 59.5 Å². The van der Waals surface area contributed by atoms with E-state index in [0.29, 0.717) is 6.04 Å². The Morgan fingerprint density at radius 3 is 2.58 bits per heavy atom. The molecule has 5 nitrogen and oxygen atoms in total. The Hall–Kier alpha value is -1.09. The van der Waals surface area contributed by atoms with E-state index in [1.165, 1.54) is 26.7 Å². The van der Waals surface area contributed by atoms with E-state index in [2.05, 4.69) is 60.6 Å². The molecule has 0 aliphatic rings. The fraction of sp³-hybridized carbons (Fsp3) is 0.579. The maximum atomic E-state index is 4.64. The second-order valence-corrected chi connectivity index (χ2v) is 7.76. The van der Waals surface area contributed by atoms with E-state index in [1.54, 1.807) is 0 Å². The fourth-order valence-corrected chi connectivity index (χ4v) is 4.16. The summed E-state index contributed by atoms with van der Waals surface area (Å²) >= 11 is 1.86. The van der Waals surface area contributed by atoms with E-state index in [1.807, 2.05) is 30.1 Å². The summed E-state index contributed by atoms with van der Waals surface area (Å²) in [6.45, 7) is 9.43. The number of hydrogen-bond acceptors (Lipinski definition) is 3. The van der Waals surface area contributed by atoms with Crippen LogP contribution in [0.4, 0.5) is 0 Å². The van der Waals surface area contributed by atoms with Crippen LogP contribution in [0.1, 0.15) is 47.5 Å². The maximum absolute atomic E-state index is 4.64. The van der Waals surface area contributed by atoms with E-state index in [-0.39, 0.29) is 24.0 Å². The molecule has 2 N–H and O–H groups in total. The maximum Gasteiger partial charge on any atom is 0.191 e. The van der Waals surface area contributed by atoms with Gasteiger partial charge in [-0.25, -0.2) is 0 Å². The van der Waals surface area contributed by atoms with Gasteiger partial charge in [-0.3, -0.25) is 9.67 Å². The number of aryl methyl sites for hydroxylation is 3. The molecule has 1 atom stereocenters. The van der Waals surface area contributed by atoms with Crippen LogP contribution < -0.4 is 10.6 Å². The smallest absolute Gasteiger partial charge is 0.191 e. The third kappa shape index (κ3) is 5.97. The number of thiophene rings is 1. The van der Waals surface area contributed by atoms with Gasteiger partial charge in [0, 0.05) is 54.1 Å². The summed E-state index contributed by atoms with van der Waals surface area (Å²) in [5, 5.41) is 11.6. The Kier molecular flexibility index (Phi) is 9.63. The predicted octanol–water partition coefficient (Wildman–Crippen LogP) is 3.83. The highest BCUT2D eigenvalue weighted by molar-refractivity contribution is 14.0. The van der Waals surface area contributed by atoms with Crippen LogP contribution in [0.3, 0.4) is 0 Å². The second kappa shape index (κ2) is 10.9. The van der Waals surface area contributed by atoms with Crippen molar-refractivity contribution in [1.82, 2.24) is 20.4 Å². The minimum atomic E-state index is 0. The van der Waals surface area contributed by atoms with Crippen molar-refractivity contribution in [3.8, 4) is 0 Å². The normalized spacial score (nSPS) is 12.6. The molecular weight excluding hydrogens is 457 g/mol. The van der Waals surface area contributed by atoms with E-state index in [4.69, 9.17) is 0 Å². The van der Waals surface area contributed by atoms with Gasteiger partial charge in [-0.1, -0.05) is 13.8 Å². The third-order valence-electron chi connectivity index (χ3n) is 4.37. The van der Waals surface area contributed by atoms with Gasteiger partial charge in [0.2, 0.25) is 0 Å². The molecule has 146 valence electrons. The van der Waals surface area contributed by atoms with Gasteiger partial charge in [-0.2, -0.15) is 5.10 Å². The van der Waals surface area contributed by atoms with Gasteiger partial charge in [0.05, 0.1) is 5.69 Å². The first kappa shape index (κ1) is 23.0. The van der Waals surface area contributed by atoms with Gasteiger partial charge < -0.3 is 10.6 Å². The van der Waals surface area contributed by atoms with Crippen molar-refractivity contribution in [1.29, 1.82) is 0 Å². The molecule has 2 heterocycles. The van der Waals surface area contributed by atoms with Crippen LogP contribution in [0, 0.1) is 6.92 Å². The number of rotatable bonds is 7. The molecule has 1 unspecified atom stereocenters. The van der Waals surface area contributed by atoms with E-state index in [9.17, 15) is 0 Å². The number of aliphatic imine (C=N–C) groups is 1. The molecule has 0 radical (unpaired) electrons. The minimum Gasteiger partial charge on any atom is -0.354 e. The lowest BCUT2D eigenvalue weighted by Crippen LogP contribution is -2.42. The minimum absolute atomic E-state index is 0. The van der Waals surface area contributed by atoms with Crippen LogP contribution in [0.2, 0.25) is 0 Å². The average Bonchev–Trinajstić information content (AvgIpc) is 3.13. The van der Waals surface area contributed by atoms with Crippen molar-refractivity contribution in [2.24, 2.45) is 12.0 Å². The summed E-state index contributed by atoms with van der Waals surface area (Å²) in [4.78, 5) is 7.14. The number of halogens is 1. The molecule has 0 aliphatic carbocycles. The summed E-state index contributed by atoms with van der Waals surface area (Å²) in [6, 6.07) is 4.72. The molecule has 0 aliphatic heterocycles. The van der Waals surface area contributed by atoms with Crippen molar-refractivity contribution in [3.63, 3.8) is 0 Å². The second-order valence-electron chi connectivity index (χ2n) is 6.39. The Balaban J connectivity index is 0.00000338. The van der Waals surface area contributed by atoms with Gasteiger partial charge in [0.1, 0.15) is 0 Å². The van der Waals surface area contributed by atoms with Crippen molar-refractivity contribution in [3.05, 3.63) is 38.8 Å². The zero-order chi connectivity index (χ0) is 18.4. The highest BCUT2D eigenvalue weighted by Crippen LogP contribution is 2.17. The third-order valence-corrected chi connectivity index (χ3v) is 5.39. The van der Waals surface area contributed by atoms with Gasteiger partial charge in [-0.05, 0) is 38.8 Å². The highest BCUT2D eigenvalue weighted by atomic mass is 127. The van der Waals surface area contributed by atoms with Crippen molar-refractivity contribution in [2.75, 3.05) is 7.05 Å². The van der Waals surface area contributed by atoms with Crippen LogP contribution >= 0.6 is 35.3 Å². The molecule has 0 saturated heterocycles. The Morgan fingerprint density at radius 2 is 2.04 bits per heavy atom. The largest absolute Gasteiger partial charge is 0.354 e. The van der Waals surface area contributed by atoms with E-state index >= 15 is 0 Å². The quantitative estimate of drug-likeness (QED) is 0.353. The molecule has 7 heteroatoms. The first-order chi connectivity index (χ1) is 12.0. The van der Waals surface area contributed by atoms with Gasteiger partial charge in [-0.15, -0.1) is 35.3 Å². The van der Waals surface area contributed by atoms with Crippen LogP contribution in [0.25, 0.3) is 0 Å². The number of hydrogen-bond donors (Lipinski definition) is 2. The van der Waals surface area contributed by atoms with Gasteiger partial charge in [0.25, 0.3) is 0 Å². The molecule has 0 amide bonds. The van der Waals surface area contributed by atoms with E-state index < -0.39 is 0 Å². The fourth-order valence-electron chi connectivity index (χ4n) is 3.14. The molecular formula is C19H32IN5S. The average molecular weight is 489 g/mol. The van der Waals surface area contributed by atoms with Crippen molar-refractivity contribution >= 4 is 41.3 Å². The molecule has 0 aromatic carbocycles. The highest BCUT2D eigenvalue weighted by Gasteiger charge is 2.14. The van der Waals surface area contributed by atoms with Gasteiger partial charge >= 0.3 is 0 Å². The Labute approximate surface area is 178 Å². The van der Waals surface area contributed by atoms with Crippen molar-refractivity contribution < 1.29 is 0 Å². The standard InChI is InChI=1S/C19H31N5S.HI/c1-7-17-16(18(8-2)24(6)23-17)12-21-19(20-5)22-13(3)11-15-10-9-14(4)25-15;/h9-10,13H,7-8,11-12H2,1-6H3,(H2,20,21,22);1H. The number of aromatic nitrogens is 2. The lowest BCUT2D eigenvalue weighted by molar-refractivity contribution is 0.643. The summed E-state index contributed by atoms with van der Waals surface area (Å²) in [5.74, 6) is 0.841. The first-order valence-electron chi connectivity index (χ1n) is 9.04. The molecule has 0 bridgehead atoms. The zero-order valence-electron chi connectivity index (χ0n) is 16.7. The number of nitrogens with zero attached hydrogens (tertiary/aromatic N) is 3. The van der Waals surface area contributed by atoms with Crippen LogP contribution in [0.5, 0.6) is 0 Å². The topological polar surface area (TPSA) is 54.2 Å². The molecule has 2 rings (SSSR count). The molecule has 0 fully saturated rings. The molecule has 0 saturated carbocycles. The zero-order valence-corrected chi connectivity index (χ0v) is 19.9. The lowest BCUT2D eigenvalue weighted by Gasteiger charge is -2.18. The number of nitrogens with one attached hydrogen (secondary N) is 2. The lowest BCUT2D eigenvalue weighted by atomic mass is 10.1. The molecule has 2 aromatic rings. The van der Waals surface area contributed by atoms with E-state index in [0.717, 1.165) is 31.8 Å². The predicted molar refractivity (Wildman–Crippen MR) is 123 cm³/mol. The van der Waals surface area contributed by atoms with Crippen LogP contribution in [-0.2, 0) is 32.9 Å². The number of guanidine groups is 1. The van der Waals surface area contributed by atoms with Crippen LogP contribution in [-0.4, -0.2) is 28.8 Å². The molecule has 0 spiro atoms. The summed E-state index contributed by atoms with van der Waals surface area (Å²) < 4.78 is 2.01. The molecule has 2 aromatic heterocycles. The van der Waals surface area contributed by atoms with Crippen LogP contribution in [0.15, 0.2) is 17.1 Å². The first-order valence-corrected chi connectivity index (χ1v) is 9.86. The van der Waals surface area contributed by atoms with Gasteiger partial charge in [0.15, 0.2) is 5.96 Å². The monoisotopic (exact) mass is 489 g/mol.